The van der Waals surface area contributed by atoms with Crippen LogP contribution in [-0.2, 0) is 9.59 Å². The van der Waals surface area contributed by atoms with Crippen molar-refractivity contribution in [2.75, 3.05) is 26.2 Å². The number of hydrogen-bond donors (Lipinski definition) is 2. The van der Waals surface area contributed by atoms with Gasteiger partial charge in [0.25, 0.3) is 0 Å². The minimum atomic E-state index is -0.757. The molecule has 1 fully saturated rings. The molecular weight excluding hydrogens is 260 g/mol. The summed E-state index contributed by atoms with van der Waals surface area (Å²) >= 11 is 0. The first-order valence-corrected chi connectivity index (χ1v) is 6.75. The lowest BCUT2D eigenvalue weighted by molar-refractivity contribution is -0.137. The number of carbonyl (C=O) groups is 2. The van der Waals surface area contributed by atoms with E-state index in [9.17, 15) is 9.59 Å². The maximum atomic E-state index is 10.6. The highest BCUT2D eigenvalue weighted by Crippen LogP contribution is 2.13. The van der Waals surface area contributed by atoms with Crippen LogP contribution < -0.4 is 5.32 Å². The van der Waals surface area contributed by atoms with E-state index in [2.05, 4.69) is 27.0 Å². The van der Waals surface area contributed by atoms with E-state index in [0.717, 1.165) is 19.6 Å². The molecule has 0 aliphatic carbocycles. The lowest BCUT2D eigenvalue weighted by Gasteiger charge is -2.42. The van der Waals surface area contributed by atoms with E-state index in [1.54, 1.807) is 12.4 Å². The highest BCUT2D eigenvalue weighted by Gasteiger charge is 2.28. The van der Waals surface area contributed by atoms with Crippen molar-refractivity contribution in [2.24, 2.45) is 4.99 Å². The molecule has 0 bridgehead atoms. The van der Waals surface area contributed by atoms with Crippen molar-refractivity contribution in [3.05, 3.63) is 11.9 Å². The van der Waals surface area contributed by atoms with Crippen LogP contribution in [-0.4, -0.2) is 71.8 Å². The number of nitrogens with one attached hydrogen (secondary N) is 1. The Morgan fingerprint density at radius 1 is 1.60 bits per heavy atom. The van der Waals surface area contributed by atoms with Crippen LogP contribution in [0.4, 0.5) is 0 Å². The van der Waals surface area contributed by atoms with Crippen LogP contribution in [0.25, 0.3) is 0 Å². The number of carboxylic acid groups (broad SMARTS) is 1. The number of hydrogen-bond acceptors (Lipinski definition) is 6. The molecule has 0 amide bonds. The third-order valence-corrected chi connectivity index (χ3v) is 3.69. The van der Waals surface area contributed by atoms with Gasteiger partial charge in [0.2, 0.25) is 0 Å². The molecule has 7 heteroatoms. The number of carboxylic acids is 1. The Kier molecular flexibility index (Phi) is 4.86. The summed E-state index contributed by atoms with van der Waals surface area (Å²) in [6.45, 7) is 5.21. The van der Waals surface area contributed by atoms with Gasteiger partial charge in [-0.15, -0.1) is 0 Å². The average molecular weight is 280 g/mol. The summed E-state index contributed by atoms with van der Waals surface area (Å²) in [5, 5.41) is 11.9. The fourth-order valence-electron chi connectivity index (χ4n) is 2.52. The van der Waals surface area contributed by atoms with Gasteiger partial charge in [-0.3, -0.25) is 24.4 Å². The molecule has 2 unspecified atom stereocenters. The lowest BCUT2D eigenvalue weighted by Crippen LogP contribution is -2.58. The molecule has 2 rings (SSSR count). The Bertz CT molecular complexity index is 435. The van der Waals surface area contributed by atoms with Crippen LogP contribution in [0.1, 0.15) is 13.3 Å². The van der Waals surface area contributed by atoms with Crippen LogP contribution in [0.2, 0.25) is 0 Å². The van der Waals surface area contributed by atoms with Crippen LogP contribution in [0.5, 0.6) is 0 Å². The second kappa shape index (κ2) is 6.62. The van der Waals surface area contributed by atoms with Crippen LogP contribution >= 0.6 is 0 Å². The summed E-state index contributed by atoms with van der Waals surface area (Å²) in [6, 6.07) is 0.301. The zero-order valence-corrected chi connectivity index (χ0v) is 11.5. The molecular formula is C13H20N4O3. The molecule has 2 aliphatic rings. The summed E-state index contributed by atoms with van der Waals surface area (Å²) in [5.74, 6) is -0.757. The van der Waals surface area contributed by atoms with Crippen molar-refractivity contribution in [3.63, 3.8) is 0 Å². The van der Waals surface area contributed by atoms with Crippen LogP contribution in [0.15, 0.2) is 16.9 Å². The molecule has 0 spiro atoms. The normalized spacial score (nSPS) is 27.8. The van der Waals surface area contributed by atoms with E-state index in [0.29, 0.717) is 24.6 Å². The second-order valence-electron chi connectivity index (χ2n) is 5.10. The van der Waals surface area contributed by atoms with E-state index >= 15 is 0 Å². The SMILES string of the molecule is CC1CN(C2C=NC(C=O)=CN2)CCN1CCC(=O)O. The molecule has 2 N–H and O–H groups in total. The van der Waals surface area contributed by atoms with Gasteiger partial charge in [0.15, 0.2) is 6.29 Å². The maximum absolute atomic E-state index is 10.6. The fourth-order valence-corrected chi connectivity index (χ4v) is 2.52. The summed E-state index contributed by atoms with van der Waals surface area (Å²) < 4.78 is 0. The van der Waals surface area contributed by atoms with Crippen molar-refractivity contribution < 1.29 is 14.7 Å². The highest BCUT2D eigenvalue weighted by atomic mass is 16.4. The Balaban J connectivity index is 1.84. The summed E-state index contributed by atoms with van der Waals surface area (Å²) in [7, 11) is 0. The van der Waals surface area contributed by atoms with Gasteiger partial charge in [0.05, 0.1) is 6.42 Å². The number of aliphatic imine (C=N–C) groups is 1. The minimum Gasteiger partial charge on any atom is -0.481 e. The molecule has 1 saturated heterocycles. The molecule has 0 radical (unpaired) electrons. The molecule has 0 saturated carbocycles. The predicted octanol–water partition coefficient (Wildman–Crippen LogP) is -0.492. The summed E-state index contributed by atoms with van der Waals surface area (Å²) in [6.07, 6.45) is 4.26. The topological polar surface area (TPSA) is 85.2 Å². The van der Waals surface area contributed by atoms with Crippen molar-refractivity contribution in [3.8, 4) is 0 Å². The van der Waals surface area contributed by atoms with E-state index in [-0.39, 0.29) is 12.6 Å². The number of piperazine rings is 1. The Hall–Kier alpha value is -1.73. The molecule has 20 heavy (non-hydrogen) atoms. The molecule has 0 aromatic heterocycles. The zero-order chi connectivity index (χ0) is 14.5. The molecule has 2 aliphatic heterocycles. The highest BCUT2D eigenvalue weighted by molar-refractivity contribution is 5.79. The third-order valence-electron chi connectivity index (χ3n) is 3.69. The molecule has 2 heterocycles. The molecule has 2 atom stereocenters. The molecule has 7 nitrogen and oxygen atoms in total. The number of aliphatic carboxylic acids is 1. The number of rotatable bonds is 5. The number of allylic oxidation sites excluding steroid dienone is 1. The van der Waals surface area contributed by atoms with Gasteiger partial charge in [-0.2, -0.15) is 0 Å². The first-order chi connectivity index (χ1) is 9.60. The Morgan fingerprint density at radius 3 is 2.95 bits per heavy atom. The van der Waals surface area contributed by atoms with Gasteiger partial charge in [-0.1, -0.05) is 0 Å². The van der Waals surface area contributed by atoms with Gasteiger partial charge in [0.1, 0.15) is 11.9 Å². The molecule has 110 valence electrons. The number of nitrogens with zero attached hydrogens (tertiary/aromatic N) is 3. The fraction of sp³-hybridized carbons (Fsp3) is 0.615. The smallest absolute Gasteiger partial charge is 0.304 e. The molecule has 0 aromatic carbocycles. The largest absolute Gasteiger partial charge is 0.481 e. The van der Waals surface area contributed by atoms with Gasteiger partial charge >= 0.3 is 5.97 Å². The molecule has 0 aromatic rings. The van der Waals surface area contributed by atoms with E-state index in [1.807, 2.05) is 0 Å². The second-order valence-corrected chi connectivity index (χ2v) is 5.10. The van der Waals surface area contributed by atoms with Gasteiger partial charge in [-0.05, 0) is 6.92 Å². The zero-order valence-electron chi connectivity index (χ0n) is 11.5. The average Bonchev–Trinajstić information content (AvgIpc) is 2.46. The Labute approximate surface area is 117 Å². The van der Waals surface area contributed by atoms with E-state index < -0.39 is 5.97 Å². The van der Waals surface area contributed by atoms with Gasteiger partial charge in [0, 0.05) is 44.6 Å². The van der Waals surface area contributed by atoms with Crippen LogP contribution in [0, 0.1) is 0 Å². The first-order valence-electron chi connectivity index (χ1n) is 6.75. The maximum Gasteiger partial charge on any atom is 0.304 e. The van der Waals surface area contributed by atoms with E-state index in [4.69, 9.17) is 5.11 Å². The van der Waals surface area contributed by atoms with Gasteiger partial charge in [-0.25, -0.2) is 0 Å². The third kappa shape index (κ3) is 3.64. The summed E-state index contributed by atoms with van der Waals surface area (Å²) in [4.78, 5) is 29.7. The van der Waals surface area contributed by atoms with E-state index in [1.165, 1.54) is 0 Å². The number of carbonyl (C=O) groups excluding carboxylic acids is 1. The minimum absolute atomic E-state index is 0.00257. The first kappa shape index (κ1) is 14.7. The van der Waals surface area contributed by atoms with Gasteiger partial charge < -0.3 is 10.4 Å². The predicted molar refractivity (Wildman–Crippen MR) is 74.4 cm³/mol. The number of aldehydes is 1. The van der Waals surface area contributed by atoms with Crippen LogP contribution in [0.3, 0.4) is 0 Å². The van der Waals surface area contributed by atoms with Crippen molar-refractivity contribution >= 4 is 18.5 Å². The van der Waals surface area contributed by atoms with Crippen molar-refractivity contribution in [1.82, 2.24) is 15.1 Å². The standard InChI is InChI=1S/C13H20N4O3/c1-10-8-17(5-4-16(10)3-2-13(19)20)12-7-14-11(9-18)6-15-12/h6-7,9-10,12,15H,2-5,8H2,1H3,(H,19,20). The van der Waals surface area contributed by atoms with Crippen molar-refractivity contribution in [1.29, 1.82) is 0 Å². The van der Waals surface area contributed by atoms with Crippen molar-refractivity contribution in [2.45, 2.75) is 25.6 Å². The lowest BCUT2D eigenvalue weighted by atomic mass is 10.1. The Morgan fingerprint density at radius 2 is 2.40 bits per heavy atom. The summed E-state index contributed by atoms with van der Waals surface area (Å²) in [5.41, 5.74) is 0.398. The monoisotopic (exact) mass is 280 g/mol. The quantitative estimate of drug-likeness (QED) is 0.661.